The van der Waals surface area contributed by atoms with E-state index in [1.165, 1.54) is 16.7 Å². The minimum atomic E-state index is -0.171. The molecule has 0 saturated heterocycles. The molecule has 8 nitrogen and oxygen atoms in total. The van der Waals surface area contributed by atoms with Crippen LogP contribution in [0.15, 0.2) is 23.0 Å². The number of aryl methyl sites for hydroxylation is 1. The minimum Gasteiger partial charge on any atom is -0.454 e. The Hall–Kier alpha value is -2.77. The van der Waals surface area contributed by atoms with Crippen LogP contribution >= 0.6 is 0 Å². The number of nitrogens with zero attached hydrogens (tertiary/aromatic N) is 3. The third-order valence-corrected chi connectivity index (χ3v) is 6.99. The van der Waals surface area contributed by atoms with Crippen LogP contribution in [0.3, 0.4) is 0 Å². The van der Waals surface area contributed by atoms with Gasteiger partial charge in [-0.3, -0.25) is 9.36 Å². The van der Waals surface area contributed by atoms with Crippen LogP contribution in [0.25, 0.3) is 0 Å². The second-order valence-electron chi connectivity index (χ2n) is 9.00. The smallest absolute Gasteiger partial charge is 0.346 e. The summed E-state index contributed by atoms with van der Waals surface area (Å²) in [7, 11) is 0. The van der Waals surface area contributed by atoms with E-state index in [4.69, 9.17) is 9.47 Å². The molecule has 31 heavy (non-hydrogen) atoms. The van der Waals surface area contributed by atoms with Gasteiger partial charge >= 0.3 is 5.69 Å². The lowest BCUT2D eigenvalue weighted by Gasteiger charge is -2.38. The lowest BCUT2D eigenvalue weighted by molar-refractivity contribution is -0.122. The summed E-state index contributed by atoms with van der Waals surface area (Å²) in [4.78, 5) is 25.4. The Bertz CT molecular complexity index is 1020. The number of rotatable bonds is 5. The van der Waals surface area contributed by atoms with E-state index in [0.717, 1.165) is 68.7 Å². The van der Waals surface area contributed by atoms with Crippen LogP contribution in [0.4, 0.5) is 0 Å². The monoisotopic (exact) mass is 426 g/mol. The van der Waals surface area contributed by atoms with Gasteiger partial charge in [-0.1, -0.05) is 31.7 Å². The fourth-order valence-electron chi connectivity index (χ4n) is 5.21. The molecule has 2 aliphatic heterocycles. The average Bonchev–Trinajstić information content (AvgIpc) is 3.29. The molecule has 0 spiro atoms. The highest BCUT2D eigenvalue weighted by atomic mass is 16.7. The maximum absolute atomic E-state index is 12.8. The first-order valence-electron chi connectivity index (χ1n) is 11.5. The van der Waals surface area contributed by atoms with Gasteiger partial charge in [0, 0.05) is 24.9 Å². The normalized spacial score (nSPS) is 19.5. The molecule has 1 fully saturated rings. The molecule has 5 rings (SSSR count). The molecular formula is C23H30N4O4. The lowest BCUT2D eigenvalue weighted by atomic mass is 9.69. The predicted molar refractivity (Wildman–Crippen MR) is 114 cm³/mol. The summed E-state index contributed by atoms with van der Waals surface area (Å²) >= 11 is 0. The Morgan fingerprint density at radius 3 is 2.74 bits per heavy atom. The maximum atomic E-state index is 12.8. The summed E-state index contributed by atoms with van der Waals surface area (Å²) in [6.45, 7) is 1.47. The Balaban J connectivity index is 1.30. The van der Waals surface area contributed by atoms with E-state index >= 15 is 0 Å². The van der Waals surface area contributed by atoms with Gasteiger partial charge < -0.3 is 14.8 Å². The Morgan fingerprint density at radius 1 is 1.06 bits per heavy atom. The van der Waals surface area contributed by atoms with Gasteiger partial charge in [0.2, 0.25) is 12.7 Å². The van der Waals surface area contributed by atoms with E-state index in [9.17, 15) is 9.59 Å². The third-order valence-electron chi connectivity index (χ3n) is 6.99. The zero-order valence-corrected chi connectivity index (χ0v) is 17.9. The quantitative estimate of drug-likeness (QED) is 0.794. The first-order valence-corrected chi connectivity index (χ1v) is 11.5. The van der Waals surface area contributed by atoms with Gasteiger partial charge in [0.25, 0.3) is 0 Å². The van der Waals surface area contributed by atoms with Crippen molar-refractivity contribution >= 4 is 5.91 Å². The van der Waals surface area contributed by atoms with Crippen molar-refractivity contribution in [1.82, 2.24) is 19.7 Å². The SMILES string of the molecule is O=C(Cn1nc2n(c1=O)CCCCC2)NCC1(c2ccc3c(c2)OCO3)CCCCC1. The van der Waals surface area contributed by atoms with Gasteiger partial charge in [0.05, 0.1) is 0 Å². The summed E-state index contributed by atoms with van der Waals surface area (Å²) in [5, 5.41) is 7.54. The molecule has 8 heteroatoms. The summed E-state index contributed by atoms with van der Waals surface area (Å²) in [6, 6.07) is 6.13. The van der Waals surface area contributed by atoms with Crippen molar-refractivity contribution in [2.24, 2.45) is 0 Å². The zero-order valence-electron chi connectivity index (χ0n) is 17.9. The Kier molecular flexibility index (Phi) is 5.46. The number of hydrogen-bond acceptors (Lipinski definition) is 5. The highest BCUT2D eigenvalue weighted by Gasteiger charge is 2.35. The standard InChI is InChI=1S/C23H30N4O4/c28-21(14-27-22(29)26-12-6-1-3-7-20(26)25-27)24-15-23(10-4-2-5-11-23)17-8-9-18-19(13-17)31-16-30-18/h8-9,13H,1-7,10-12,14-16H2,(H,24,28). The van der Waals surface area contributed by atoms with Crippen molar-refractivity contribution in [2.75, 3.05) is 13.3 Å². The molecule has 1 saturated carbocycles. The molecule has 166 valence electrons. The van der Waals surface area contributed by atoms with E-state index in [1.54, 1.807) is 4.57 Å². The molecule has 2 aromatic rings. The van der Waals surface area contributed by atoms with Crippen molar-refractivity contribution in [2.45, 2.75) is 76.3 Å². The average molecular weight is 427 g/mol. The number of nitrogens with one attached hydrogen (secondary N) is 1. The largest absolute Gasteiger partial charge is 0.454 e. The number of amides is 1. The molecule has 1 aromatic heterocycles. The van der Waals surface area contributed by atoms with Crippen molar-refractivity contribution < 1.29 is 14.3 Å². The van der Waals surface area contributed by atoms with Crippen LogP contribution in [0.1, 0.15) is 62.8 Å². The molecule has 0 unspecified atom stereocenters. The minimum absolute atomic E-state index is 0.0317. The first-order chi connectivity index (χ1) is 15.1. The first kappa shape index (κ1) is 20.2. The molecule has 1 aromatic carbocycles. The number of hydrogen-bond donors (Lipinski definition) is 1. The Labute approximate surface area is 181 Å². The molecule has 1 amide bonds. The summed E-state index contributed by atoms with van der Waals surface area (Å²) in [5.74, 6) is 2.19. The van der Waals surface area contributed by atoms with E-state index in [1.807, 2.05) is 6.07 Å². The van der Waals surface area contributed by atoms with Crippen molar-refractivity contribution in [3.63, 3.8) is 0 Å². The summed E-state index contributed by atoms with van der Waals surface area (Å²) < 4.78 is 14.1. The summed E-state index contributed by atoms with van der Waals surface area (Å²) in [6.07, 6.45) is 9.48. The Morgan fingerprint density at radius 2 is 1.87 bits per heavy atom. The van der Waals surface area contributed by atoms with Crippen molar-refractivity contribution in [3.8, 4) is 11.5 Å². The zero-order chi connectivity index (χ0) is 21.3. The second-order valence-corrected chi connectivity index (χ2v) is 9.00. The van der Waals surface area contributed by atoms with Gasteiger partial charge in [-0.25, -0.2) is 9.48 Å². The second kappa shape index (κ2) is 8.40. The van der Waals surface area contributed by atoms with E-state index in [0.29, 0.717) is 13.1 Å². The van der Waals surface area contributed by atoms with Crippen LogP contribution in [0.5, 0.6) is 11.5 Å². The maximum Gasteiger partial charge on any atom is 0.346 e. The van der Waals surface area contributed by atoms with Crippen LogP contribution in [0.2, 0.25) is 0 Å². The number of benzene rings is 1. The van der Waals surface area contributed by atoms with Gasteiger partial charge in [-0.15, -0.1) is 0 Å². The van der Waals surface area contributed by atoms with Crippen LogP contribution in [0, 0.1) is 0 Å². The molecule has 3 aliphatic rings. The predicted octanol–water partition coefficient (Wildman–Crippen LogP) is 2.52. The fraction of sp³-hybridized carbons (Fsp3) is 0.609. The molecule has 1 aliphatic carbocycles. The lowest BCUT2D eigenvalue weighted by Crippen LogP contribution is -2.44. The molecule has 1 N–H and O–H groups in total. The number of carbonyl (C=O) groups is 1. The number of aromatic nitrogens is 3. The molecular weight excluding hydrogens is 396 g/mol. The van der Waals surface area contributed by atoms with E-state index in [-0.39, 0.29) is 30.3 Å². The number of fused-ring (bicyclic) bond motifs is 2. The fourth-order valence-corrected chi connectivity index (χ4v) is 5.21. The molecule has 0 bridgehead atoms. The summed E-state index contributed by atoms with van der Waals surface area (Å²) in [5.41, 5.74) is 0.892. The van der Waals surface area contributed by atoms with Crippen LogP contribution < -0.4 is 20.5 Å². The number of ether oxygens (including phenoxy) is 2. The van der Waals surface area contributed by atoms with Crippen LogP contribution in [-0.2, 0) is 29.7 Å². The van der Waals surface area contributed by atoms with Crippen molar-refractivity contribution in [1.29, 1.82) is 0 Å². The van der Waals surface area contributed by atoms with E-state index in [2.05, 4.69) is 22.5 Å². The topological polar surface area (TPSA) is 87.4 Å². The van der Waals surface area contributed by atoms with Gasteiger partial charge in [-0.2, -0.15) is 5.10 Å². The van der Waals surface area contributed by atoms with Gasteiger partial charge in [-0.05, 0) is 43.4 Å². The number of carbonyl (C=O) groups excluding carboxylic acids is 1. The van der Waals surface area contributed by atoms with Gasteiger partial charge in [0.1, 0.15) is 12.4 Å². The molecule has 3 heterocycles. The molecule has 0 radical (unpaired) electrons. The van der Waals surface area contributed by atoms with Crippen molar-refractivity contribution in [3.05, 3.63) is 40.1 Å². The highest BCUT2D eigenvalue weighted by molar-refractivity contribution is 5.75. The van der Waals surface area contributed by atoms with Gasteiger partial charge in [0.15, 0.2) is 11.5 Å². The highest BCUT2D eigenvalue weighted by Crippen LogP contribution is 2.43. The van der Waals surface area contributed by atoms with E-state index < -0.39 is 0 Å². The third kappa shape index (κ3) is 3.95. The van der Waals surface area contributed by atoms with Crippen LogP contribution in [-0.4, -0.2) is 33.6 Å². The molecule has 0 atom stereocenters.